The van der Waals surface area contributed by atoms with E-state index in [0.29, 0.717) is 48.3 Å². The van der Waals surface area contributed by atoms with Crippen LogP contribution < -0.4 is 11.1 Å². The number of halogens is 1. The van der Waals surface area contributed by atoms with Crippen LogP contribution in [0, 0.1) is 5.82 Å². The number of fused-ring (bicyclic) bond motifs is 5. The molecule has 240 valence electrons. The van der Waals surface area contributed by atoms with Gasteiger partial charge in [0, 0.05) is 29.7 Å². The zero-order valence-electron chi connectivity index (χ0n) is 26.0. The molecule has 0 unspecified atom stereocenters. The number of nitrogens with zero attached hydrogens (tertiary/aromatic N) is 4. The molecule has 2 N–H and O–H groups in total. The van der Waals surface area contributed by atoms with Gasteiger partial charge in [0.1, 0.15) is 11.6 Å². The smallest absolute Gasteiger partial charge is 0.365 e. The molecule has 1 amide bonds. The first-order chi connectivity index (χ1) is 23.5. The maximum atomic E-state index is 14.1. The summed E-state index contributed by atoms with van der Waals surface area (Å²) in [5.41, 5.74) is 8.33. The van der Waals surface area contributed by atoms with Gasteiger partial charge in [-0.1, -0.05) is 35.5 Å². The summed E-state index contributed by atoms with van der Waals surface area (Å²) in [6.07, 6.45) is 8.12. The number of thiophene rings is 1. The van der Waals surface area contributed by atoms with E-state index in [-0.39, 0.29) is 23.6 Å². The molecule has 6 aromatic rings. The second kappa shape index (κ2) is 11.5. The number of H-pyrrole nitrogens is 1. The van der Waals surface area contributed by atoms with Gasteiger partial charge in [-0.25, -0.2) is 14.2 Å². The number of nitrogens with one attached hydrogen (secondary N) is 2. The molecule has 0 bridgehead atoms. The highest BCUT2D eigenvalue weighted by atomic mass is 32.1. The number of rotatable bonds is 8. The van der Waals surface area contributed by atoms with Crippen molar-refractivity contribution in [3.05, 3.63) is 116 Å². The molecule has 0 saturated carbocycles. The molecule has 0 spiro atoms. The average Bonchev–Trinajstić information content (AvgIpc) is 3.94. The first-order valence-electron chi connectivity index (χ1n) is 16.4. The summed E-state index contributed by atoms with van der Waals surface area (Å²) in [6, 6.07) is 17.1. The molecule has 1 fully saturated rings. The summed E-state index contributed by atoms with van der Waals surface area (Å²) in [5.74, 6) is -0.0402. The lowest BCUT2D eigenvalue weighted by Crippen LogP contribution is -2.22. The Kier molecular flexibility index (Phi) is 6.96. The van der Waals surface area contributed by atoms with Crippen LogP contribution in [0.2, 0.25) is 0 Å². The Hall–Kier alpha value is -5.16. The summed E-state index contributed by atoms with van der Waals surface area (Å²) in [7, 11) is 0. The van der Waals surface area contributed by atoms with Gasteiger partial charge in [-0.2, -0.15) is 0 Å². The Balaban J connectivity index is 1.18. The molecule has 4 aromatic heterocycles. The van der Waals surface area contributed by atoms with Crippen molar-refractivity contribution in [3.63, 3.8) is 0 Å². The van der Waals surface area contributed by atoms with E-state index in [4.69, 9.17) is 14.5 Å². The molecule has 2 aromatic carbocycles. The van der Waals surface area contributed by atoms with Gasteiger partial charge in [0.2, 0.25) is 0 Å². The summed E-state index contributed by atoms with van der Waals surface area (Å²) < 4.78 is 19.6. The van der Waals surface area contributed by atoms with E-state index in [1.54, 1.807) is 29.7 Å². The van der Waals surface area contributed by atoms with Crippen molar-refractivity contribution in [3.8, 4) is 21.8 Å². The quantitative estimate of drug-likeness (QED) is 0.181. The highest BCUT2D eigenvalue weighted by Crippen LogP contribution is 2.50. The van der Waals surface area contributed by atoms with Crippen LogP contribution in [0.4, 0.5) is 10.2 Å². The Labute approximate surface area is 278 Å². The zero-order chi connectivity index (χ0) is 32.4. The summed E-state index contributed by atoms with van der Waals surface area (Å²) in [5, 5.41) is 8.66. The molecule has 9 nitrogen and oxygen atoms in total. The van der Waals surface area contributed by atoms with Crippen molar-refractivity contribution < 1.29 is 13.7 Å². The minimum atomic E-state index is -0.688. The van der Waals surface area contributed by atoms with Gasteiger partial charge >= 0.3 is 5.76 Å². The maximum absolute atomic E-state index is 14.1. The molecular weight excluding hydrogens is 628 g/mol. The zero-order valence-corrected chi connectivity index (χ0v) is 26.8. The van der Waals surface area contributed by atoms with Gasteiger partial charge in [0.05, 0.1) is 33.3 Å². The van der Waals surface area contributed by atoms with Crippen molar-refractivity contribution in [2.75, 3.05) is 11.9 Å². The lowest BCUT2D eigenvalue weighted by Gasteiger charge is -2.16. The molecule has 3 aliphatic rings. The largest absolute Gasteiger partial charge is 0.439 e. The van der Waals surface area contributed by atoms with E-state index < -0.39 is 5.76 Å². The average molecular weight is 659 g/mol. The normalized spacial score (nSPS) is 16.5. The summed E-state index contributed by atoms with van der Waals surface area (Å²) in [4.78, 5) is 41.8. The molecule has 0 radical (unpaired) electrons. The molecule has 11 heteroatoms. The monoisotopic (exact) mass is 658 g/mol. The van der Waals surface area contributed by atoms with Gasteiger partial charge in [0.15, 0.2) is 5.82 Å². The Bertz CT molecular complexity index is 2290. The number of carbonyl (C=O) groups excluding carboxylic acids is 1. The van der Waals surface area contributed by atoms with Crippen molar-refractivity contribution in [2.24, 2.45) is 0 Å². The molecule has 1 saturated heterocycles. The van der Waals surface area contributed by atoms with Crippen LogP contribution in [0.5, 0.6) is 0 Å². The summed E-state index contributed by atoms with van der Waals surface area (Å²) >= 11 is 1.55. The number of hydrogen-bond acceptors (Lipinski definition) is 8. The Morgan fingerprint density at radius 2 is 1.81 bits per heavy atom. The Morgan fingerprint density at radius 1 is 0.958 bits per heavy atom. The molecule has 2 aliphatic heterocycles. The maximum Gasteiger partial charge on any atom is 0.439 e. The fraction of sp³-hybridized carbons (Fsp3) is 0.270. The molecule has 6 heterocycles. The highest BCUT2D eigenvalue weighted by molar-refractivity contribution is 7.23. The van der Waals surface area contributed by atoms with E-state index in [9.17, 15) is 14.0 Å². The van der Waals surface area contributed by atoms with E-state index in [0.717, 1.165) is 57.7 Å². The highest BCUT2D eigenvalue weighted by Gasteiger charge is 2.44. The number of hydrogen-bond donors (Lipinski definition) is 2. The van der Waals surface area contributed by atoms with Crippen LogP contribution in [-0.4, -0.2) is 37.5 Å². The second-order valence-electron chi connectivity index (χ2n) is 12.8. The third-order valence-electron chi connectivity index (χ3n) is 9.89. The number of carbonyl (C=O) groups is 1. The predicted molar refractivity (Wildman–Crippen MR) is 182 cm³/mol. The summed E-state index contributed by atoms with van der Waals surface area (Å²) in [6.45, 7) is 1.32. The van der Waals surface area contributed by atoms with E-state index >= 15 is 0 Å². The molecule has 9 rings (SSSR count). The van der Waals surface area contributed by atoms with Gasteiger partial charge in [-0.05, 0) is 96.9 Å². The minimum absolute atomic E-state index is 0.0577. The van der Waals surface area contributed by atoms with E-state index in [1.807, 2.05) is 11.0 Å². The number of aromatic nitrogens is 4. The third kappa shape index (κ3) is 4.92. The first kappa shape index (κ1) is 29.0. The lowest BCUT2D eigenvalue weighted by atomic mass is 9.92. The first-order valence-corrected chi connectivity index (χ1v) is 17.2. The molecule has 1 aliphatic carbocycles. The molecular formula is C37H31FN6O3S. The van der Waals surface area contributed by atoms with Gasteiger partial charge in [-0.3, -0.25) is 19.3 Å². The third-order valence-corrected chi connectivity index (χ3v) is 11.1. The van der Waals surface area contributed by atoms with Crippen LogP contribution >= 0.6 is 11.3 Å². The van der Waals surface area contributed by atoms with Gasteiger partial charge < -0.3 is 10.2 Å². The van der Waals surface area contributed by atoms with Crippen LogP contribution in [0.25, 0.3) is 31.9 Å². The fourth-order valence-electron chi connectivity index (χ4n) is 7.62. The minimum Gasteiger partial charge on any atom is -0.365 e. The lowest BCUT2D eigenvalue weighted by molar-refractivity contribution is 0.0776. The van der Waals surface area contributed by atoms with Crippen molar-refractivity contribution in [1.82, 2.24) is 25.0 Å². The van der Waals surface area contributed by atoms with Crippen molar-refractivity contribution >= 4 is 33.1 Å². The van der Waals surface area contributed by atoms with E-state index in [2.05, 4.69) is 39.7 Å². The van der Waals surface area contributed by atoms with Crippen LogP contribution in [0.1, 0.15) is 69.3 Å². The van der Waals surface area contributed by atoms with E-state index in [1.165, 1.54) is 35.2 Å². The topological polar surface area (TPSA) is 117 Å². The Morgan fingerprint density at radius 3 is 2.67 bits per heavy atom. The number of aryl methyl sites for hydroxylation is 4. The standard InChI is InChI=1S/C37H31FN6O3S/c38-25-11-7-20(8-12-25)9-13-26-29(34-42-37(46)47-43-34)30(31-32(41-26)27-5-2-16-44(27)36(31)45)28-18-24-14-15-39-35(33(24)48-28)40-19-21-6-10-22-3-1-4-23(22)17-21/h6-8,10-12,14-15,17-18,27H,1-5,9,13,16,19H2,(H,39,40)(H,42,43,46)/t27-/m0/s1. The second-order valence-corrected chi connectivity index (χ2v) is 13.8. The SMILES string of the molecule is O=C1c2c(nc(CCc3ccc(F)cc3)c(-c3noc(=O)[nH]3)c2-c2cc3ccnc(NCc4ccc5c(c4)CCC5)c3s2)[C@@H]2CCCN12. The van der Waals surface area contributed by atoms with Gasteiger partial charge in [0.25, 0.3) is 5.91 Å². The fourth-order valence-corrected chi connectivity index (χ4v) is 8.80. The van der Waals surface area contributed by atoms with Crippen LogP contribution in [0.3, 0.4) is 0 Å². The predicted octanol–water partition coefficient (Wildman–Crippen LogP) is 7.02. The van der Waals surface area contributed by atoms with Crippen LogP contribution in [-0.2, 0) is 32.2 Å². The van der Waals surface area contributed by atoms with Crippen LogP contribution in [0.15, 0.2) is 70.1 Å². The molecule has 48 heavy (non-hydrogen) atoms. The molecule has 1 atom stereocenters. The van der Waals surface area contributed by atoms with Crippen molar-refractivity contribution in [2.45, 2.75) is 57.5 Å². The number of anilines is 1. The number of pyridine rings is 2. The van der Waals surface area contributed by atoms with Crippen molar-refractivity contribution in [1.29, 1.82) is 0 Å². The number of amides is 1. The number of aromatic amines is 1. The number of benzene rings is 2. The van der Waals surface area contributed by atoms with Gasteiger partial charge in [-0.15, -0.1) is 11.3 Å².